The molecule has 5 rings (SSSR count). The Hall–Kier alpha value is -1.46. The zero-order valence-electron chi connectivity index (χ0n) is 16.7. The van der Waals surface area contributed by atoms with Crippen molar-refractivity contribution >= 4 is 10.8 Å². The molecular weight excluding hydrogens is 348 g/mol. The van der Waals surface area contributed by atoms with Crippen molar-refractivity contribution in [1.29, 1.82) is 0 Å². The fraction of sp³-hybridized carbons (Fsp3) is 0.583. The molecule has 150 valence electrons. The summed E-state index contributed by atoms with van der Waals surface area (Å²) in [5.74, 6) is 1.41. The summed E-state index contributed by atoms with van der Waals surface area (Å²) in [6, 6.07) is 15.7. The third-order valence-electron chi connectivity index (χ3n) is 7.28. The van der Waals surface area contributed by atoms with E-state index in [0.717, 1.165) is 64.6 Å². The predicted octanol–water partition coefficient (Wildman–Crippen LogP) is 2.79. The number of hydrogen-bond acceptors (Lipinski definition) is 4. The van der Waals surface area contributed by atoms with Crippen molar-refractivity contribution in [2.24, 2.45) is 11.8 Å². The van der Waals surface area contributed by atoms with E-state index in [4.69, 9.17) is 4.74 Å². The number of aliphatic hydroxyl groups excluding tert-OH is 1. The topological polar surface area (TPSA) is 35.9 Å². The Morgan fingerprint density at radius 3 is 2.54 bits per heavy atom. The van der Waals surface area contributed by atoms with Crippen molar-refractivity contribution in [2.45, 2.75) is 31.4 Å². The van der Waals surface area contributed by atoms with Gasteiger partial charge in [0.2, 0.25) is 0 Å². The average molecular weight is 381 g/mol. The minimum atomic E-state index is -0.169. The Morgan fingerprint density at radius 1 is 0.929 bits per heavy atom. The Kier molecular flexibility index (Phi) is 5.38. The largest absolute Gasteiger partial charge is 0.391 e. The van der Waals surface area contributed by atoms with Gasteiger partial charge in [0.05, 0.1) is 19.3 Å². The first-order valence-corrected chi connectivity index (χ1v) is 11.0. The van der Waals surface area contributed by atoms with E-state index in [-0.39, 0.29) is 6.10 Å². The zero-order chi connectivity index (χ0) is 18.9. The lowest BCUT2D eigenvalue weighted by atomic mass is 9.77. The predicted molar refractivity (Wildman–Crippen MR) is 112 cm³/mol. The van der Waals surface area contributed by atoms with Gasteiger partial charge < -0.3 is 14.7 Å². The zero-order valence-corrected chi connectivity index (χ0v) is 16.7. The Balaban J connectivity index is 1.21. The van der Waals surface area contributed by atoms with Crippen LogP contribution in [0.25, 0.3) is 10.8 Å². The van der Waals surface area contributed by atoms with Crippen molar-refractivity contribution in [1.82, 2.24) is 9.80 Å². The van der Waals surface area contributed by atoms with E-state index in [2.05, 4.69) is 52.3 Å². The van der Waals surface area contributed by atoms with Gasteiger partial charge in [-0.1, -0.05) is 42.5 Å². The van der Waals surface area contributed by atoms with Crippen LogP contribution in [0, 0.1) is 11.8 Å². The highest BCUT2D eigenvalue weighted by Gasteiger charge is 2.43. The molecule has 4 nitrogen and oxygen atoms in total. The van der Waals surface area contributed by atoms with Gasteiger partial charge in [-0.2, -0.15) is 0 Å². The molecular formula is C24H32N2O2. The van der Waals surface area contributed by atoms with Crippen LogP contribution in [0.2, 0.25) is 0 Å². The maximum atomic E-state index is 10.8. The number of nitrogens with zero attached hydrogens (tertiary/aromatic N) is 2. The standard InChI is InChI=1S/C24H32N2O2/c27-24-15-21-17-25(16-20(21)14-23(24)26-10-12-28-13-11-26)9-8-19-6-3-5-18-4-1-2-7-22(18)19/h1-7,20-21,23-24,27H,8-17H2/t20-,21+,23-,24-/m1/s1. The molecule has 2 saturated heterocycles. The van der Waals surface area contributed by atoms with Crippen LogP contribution in [0.3, 0.4) is 0 Å². The molecule has 0 spiro atoms. The summed E-state index contributed by atoms with van der Waals surface area (Å²) in [5.41, 5.74) is 1.46. The molecule has 1 aliphatic carbocycles. The fourth-order valence-electron chi connectivity index (χ4n) is 5.78. The van der Waals surface area contributed by atoms with Crippen LogP contribution >= 0.6 is 0 Å². The molecule has 1 saturated carbocycles. The molecule has 2 heterocycles. The van der Waals surface area contributed by atoms with Crippen molar-refractivity contribution in [2.75, 3.05) is 45.9 Å². The summed E-state index contributed by atoms with van der Waals surface area (Å²) in [6.45, 7) is 7.06. The van der Waals surface area contributed by atoms with Gasteiger partial charge in [0, 0.05) is 38.8 Å². The lowest BCUT2D eigenvalue weighted by Gasteiger charge is -2.43. The number of aliphatic hydroxyl groups is 1. The molecule has 0 amide bonds. The van der Waals surface area contributed by atoms with Gasteiger partial charge in [-0.15, -0.1) is 0 Å². The summed E-state index contributed by atoms with van der Waals surface area (Å²) in [5, 5.41) is 13.5. The molecule has 0 aromatic heterocycles. The first-order valence-electron chi connectivity index (χ1n) is 11.0. The SMILES string of the molecule is O[C@@H]1C[C@H]2CN(CCc3cccc4ccccc34)C[C@H]2C[C@H]1N1CCOCC1. The summed E-state index contributed by atoms with van der Waals surface area (Å²) in [4.78, 5) is 5.12. The maximum absolute atomic E-state index is 10.8. The molecule has 4 atom stereocenters. The average Bonchev–Trinajstić information content (AvgIpc) is 3.14. The van der Waals surface area contributed by atoms with Crippen molar-refractivity contribution in [3.05, 3.63) is 48.0 Å². The molecule has 3 aliphatic rings. The van der Waals surface area contributed by atoms with Crippen LogP contribution in [0.1, 0.15) is 18.4 Å². The van der Waals surface area contributed by atoms with E-state index in [1.807, 2.05) is 0 Å². The molecule has 2 aromatic carbocycles. The highest BCUT2D eigenvalue weighted by atomic mass is 16.5. The van der Waals surface area contributed by atoms with E-state index >= 15 is 0 Å². The molecule has 0 bridgehead atoms. The number of hydrogen-bond donors (Lipinski definition) is 1. The summed E-state index contributed by atoms with van der Waals surface area (Å²) < 4.78 is 5.50. The molecule has 2 aliphatic heterocycles. The normalized spacial score (nSPS) is 31.9. The number of morpholine rings is 1. The minimum Gasteiger partial charge on any atom is -0.391 e. The second kappa shape index (κ2) is 8.11. The maximum Gasteiger partial charge on any atom is 0.0698 e. The number of benzene rings is 2. The first-order chi connectivity index (χ1) is 13.8. The van der Waals surface area contributed by atoms with Crippen LogP contribution in [0.4, 0.5) is 0 Å². The number of rotatable bonds is 4. The number of ether oxygens (including phenoxy) is 1. The highest BCUT2D eigenvalue weighted by molar-refractivity contribution is 5.85. The van der Waals surface area contributed by atoms with Gasteiger partial charge in [0.25, 0.3) is 0 Å². The first kappa shape index (κ1) is 18.6. The van der Waals surface area contributed by atoms with Crippen LogP contribution in [-0.4, -0.2) is 73.0 Å². The van der Waals surface area contributed by atoms with Gasteiger partial charge in [-0.3, -0.25) is 4.90 Å². The third-order valence-corrected chi connectivity index (χ3v) is 7.28. The van der Waals surface area contributed by atoms with Crippen LogP contribution in [-0.2, 0) is 11.2 Å². The molecule has 28 heavy (non-hydrogen) atoms. The van der Waals surface area contributed by atoms with E-state index < -0.39 is 0 Å². The quantitative estimate of drug-likeness (QED) is 0.885. The molecule has 1 N–H and O–H groups in total. The highest BCUT2D eigenvalue weighted by Crippen LogP contribution is 2.38. The van der Waals surface area contributed by atoms with Gasteiger partial charge in [-0.25, -0.2) is 0 Å². The van der Waals surface area contributed by atoms with E-state index in [0.29, 0.717) is 12.0 Å². The van der Waals surface area contributed by atoms with Gasteiger partial charge in [0.1, 0.15) is 0 Å². The van der Waals surface area contributed by atoms with Gasteiger partial charge in [0.15, 0.2) is 0 Å². The number of fused-ring (bicyclic) bond motifs is 2. The molecule has 4 heteroatoms. The van der Waals surface area contributed by atoms with Gasteiger partial charge in [-0.05, 0) is 47.4 Å². The smallest absolute Gasteiger partial charge is 0.0698 e. The minimum absolute atomic E-state index is 0.169. The Bertz CT molecular complexity index is 799. The second-order valence-corrected chi connectivity index (χ2v) is 8.92. The second-order valence-electron chi connectivity index (χ2n) is 8.92. The fourth-order valence-corrected chi connectivity index (χ4v) is 5.78. The Labute approximate surface area is 168 Å². The Morgan fingerprint density at radius 2 is 1.68 bits per heavy atom. The molecule has 3 fully saturated rings. The summed E-state index contributed by atoms with van der Waals surface area (Å²) in [7, 11) is 0. The van der Waals surface area contributed by atoms with E-state index in [1.54, 1.807) is 0 Å². The number of likely N-dealkylation sites (tertiary alicyclic amines) is 1. The lowest BCUT2D eigenvalue weighted by molar-refractivity contribution is -0.0520. The molecule has 0 unspecified atom stereocenters. The van der Waals surface area contributed by atoms with Crippen molar-refractivity contribution < 1.29 is 9.84 Å². The van der Waals surface area contributed by atoms with Crippen molar-refractivity contribution in [3.8, 4) is 0 Å². The van der Waals surface area contributed by atoms with Crippen LogP contribution in [0.15, 0.2) is 42.5 Å². The summed E-state index contributed by atoms with van der Waals surface area (Å²) in [6.07, 6.45) is 3.06. The molecule has 0 radical (unpaired) electrons. The van der Waals surface area contributed by atoms with Crippen molar-refractivity contribution in [3.63, 3.8) is 0 Å². The third kappa shape index (κ3) is 3.71. The van der Waals surface area contributed by atoms with E-state index in [9.17, 15) is 5.11 Å². The van der Waals surface area contributed by atoms with Gasteiger partial charge >= 0.3 is 0 Å². The lowest BCUT2D eigenvalue weighted by Crippen LogP contribution is -2.53. The van der Waals surface area contributed by atoms with Crippen LogP contribution in [0.5, 0.6) is 0 Å². The monoisotopic (exact) mass is 380 g/mol. The van der Waals surface area contributed by atoms with Crippen LogP contribution < -0.4 is 0 Å². The molecule has 2 aromatic rings. The summed E-state index contributed by atoms with van der Waals surface area (Å²) >= 11 is 0. The van der Waals surface area contributed by atoms with E-state index in [1.165, 1.54) is 22.9 Å².